The smallest absolute Gasteiger partial charge is 0.308 e. The number of carbonyl (C=O) groups excluding carboxylic acids is 2. The van der Waals surface area contributed by atoms with Crippen molar-refractivity contribution in [1.82, 2.24) is 5.43 Å². The quantitative estimate of drug-likeness (QED) is 0.481. The summed E-state index contributed by atoms with van der Waals surface area (Å²) in [5.41, 5.74) is 4.24. The fourth-order valence-corrected chi connectivity index (χ4v) is 4.14. The second-order valence-corrected chi connectivity index (χ2v) is 7.21. The number of hydrogen-bond donors (Lipinski definition) is 2. The van der Waals surface area contributed by atoms with Gasteiger partial charge in [-0.2, -0.15) is 10.4 Å². The highest BCUT2D eigenvalue weighted by Crippen LogP contribution is 2.37. The summed E-state index contributed by atoms with van der Waals surface area (Å²) in [6, 6.07) is 9.12. The molecule has 132 valence electrons. The lowest BCUT2D eigenvalue weighted by Crippen LogP contribution is -2.32. The molecule has 0 fully saturated rings. The molecule has 8 heteroatoms. The highest BCUT2D eigenvalue weighted by atomic mass is 35.5. The Balaban J connectivity index is 1.65. The Kier molecular flexibility index (Phi) is 5.66. The number of anilines is 1. The summed E-state index contributed by atoms with van der Waals surface area (Å²) in [6.45, 7) is 0. The van der Waals surface area contributed by atoms with Crippen molar-refractivity contribution in [2.24, 2.45) is 5.10 Å². The van der Waals surface area contributed by atoms with E-state index in [2.05, 4.69) is 21.9 Å². The van der Waals surface area contributed by atoms with Gasteiger partial charge in [0.1, 0.15) is 11.1 Å². The molecule has 2 aromatic rings. The van der Waals surface area contributed by atoms with Gasteiger partial charge in [-0.1, -0.05) is 29.8 Å². The van der Waals surface area contributed by atoms with Crippen molar-refractivity contribution in [1.29, 1.82) is 5.26 Å². The molecule has 0 radical (unpaired) electrons. The lowest BCUT2D eigenvalue weighted by atomic mass is 9.96. The predicted molar refractivity (Wildman–Crippen MR) is 101 cm³/mol. The monoisotopic (exact) mass is 386 g/mol. The first-order valence-corrected chi connectivity index (χ1v) is 9.23. The molecular weight excluding hydrogens is 372 g/mol. The number of hydrazone groups is 1. The molecule has 3 rings (SSSR count). The zero-order valence-electron chi connectivity index (χ0n) is 13.7. The fourth-order valence-electron chi connectivity index (χ4n) is 2.72. The van der Waals surface area contributed by atoms with E-state index in [1.165, 1.54) is 17.6 Å². The van der Waals surface area contributed by atoms with E-state index in [0.29, 0.717) is 21.2 Å². The van der Waals surface area contributed by atoms with E-state index in [4.69, 9.17) is 11.6 Å². The van der Waals surface area contributed by atoms with Gasteiger partial charge in [0.05, 0.1) is 11.8 Å². The maximum Gasteiger partial charge on any atom is 0.329 e. The van der Waals surface area contributed by atoms with E-state index in [9.17, 15) is 14.9 Å². The van der Waals surface area contributed by atoms with Gasteiger partial charge in [0.2, 0.25) is 0 Å². The Labute approximate surface area is 159 Å². The molecule has 0 saturated carbocycles. The third kappa shape index (κ3) is 3.93. The number of carbonyl (C=O) groups is 2. The van der Waals surface area contributed by atoms with Crippen LogP contribution in [-0.4, -0.2) is 18.0 Å². The second-order valence-electron chi connectivity index (χ2n) is 5.70. The van der Waals surface area contributed by atoms with E-state index < -0.39 is 11.8 Å². The van der Waals surface area contributed by atoms with Crippen LogP contribution in [0.2, 0.25) is 5.02 Å². The number of aryl methyl sites for hydroxylation is 1. The van der Waals surface area contributed by atoms with E-state index in [-0.39, 0.29) is 0 Å². The molecule has 0 unspecified atom stereocenters. The number of fused-ring (bicyclic) bond motifs is 1. The lowest BCUT2D eigenvalue weighted by molar-refractivity contribution is -0.136. The SMILES string of the molecule is N#Cc1c(NC(=O)C(=O)NN=Cc2ccccc2Cl)sc2c1CCCC2. The van der Waals surface area contributed by atoms with Crippen molar-refractivity contribution in [2.45, 2.75) is 25.7 Å². The van der Waals surface area contributed by atoms with Crippen molar-refractivity contribution < 1.29 is 9.59 Å². The van der Waals surface area contributed by atoms with Gasteiger partial charge in [0, 0.05) is 15.5 Å². The van der Waals surface area contributed by atoms with Crippen LogP contribution in [0, 0.1) is 11.3 Å². The predicted octanol–water partition coefficient (Wildman–Crippen LogP) is 3.24. The number of nitrogens with one attached hydrogen (secondary N) is 2. The van der Waals surface area contributed by atoms with Crippen LogP contribution in [-0.2, 0) is 22.4 Å². The summed E-state index contributed by atoms with van der Waals surface area (Å²) in [6.07, 6.45) is 5.20. The summed E-state index contributed by atoms with van der Waals surface area (Å²) in [5.74, 6) is -1.78. The third-order valence-corrected chi connectivity index (χ3v) is 5.54. The van der Waals surface area contributed by atoms with Gasteiger partial charge in [-0.25, -0.2) is 5.43 Å². The molecule has 0 saturated heterocycles. The Hall–Kier alpha value is -2.69. The molecule has 0 aliphatic heterocycles. The first kappa shape index (κ1) is 18.1. The normalized spacial score (nSPS) is 13.1. The average Bonchev–Trinajstić information content (AvgIpc) is 3.00. The Morgan fingerprint density at radius 2 is 2.00 bits per heavy atom. The van der Waals surface area contributed by atoms with Crippen molar-refractivity contribution in [2.75, 3.05) is 5.32 Å². The number of nitriles is 1. The average molecular weight is 387 g/mol. The minimum absolute atomic E-state index is 0.426. The molecule has 1 aliphatic carbocycles. The van der Waals surface area contributed by atoms with Crippen molar-refractivity contribution in [3.8, 4) is 6.07 Å². The summed E-state index contributed by atoms with van der Waals surface area (Å²) < 4.78 is 0. The van der Waals surface area contributed by atoms with Crippen molar-refractivity contribution in [3.05, 3.63) is 50.9 Å². The van der Waals surface area contributed by atoms with E-state index in [0.717, 1.165) is 36.1 Å². The maximum absolute atomic E-state index is 12.1. The highest BCUT2D eigenvalue weighted by molar-refractivity contribution is 7.16. The number of halogens is 1. The van der Waals surface area contributed by atoms with Crippen LogP contribution in [0.25, 0.3) is 0 Å². The summed E-state index contributed by atoms with van der Waals surface area (Å²) in [5, 5.41) is 16.6. The molecule has 1 heterocycles. The first-order valence-electron chi connectivity index (χ1n) is 8.03. The zero-order chi connectivity index (χ0) is 18.5. The zero-order valence-corrected chi connectivity index (χ0v) is 15.3. The summed E-state index contributed by atoms with van der Waals surface area (Å²) in [7, 11) is 0. The minimum Gasteiger partial charge on any atom is -0.308 e. The van der Waals surface area contributed by atoms with Gasteiger partial charge < -0.3 is 5.32 Å². The van der Waals surface area contributed by atoms with E-state index in [1.807, 2.05) is 0 Å². The largest absolute Gasteiger partial charge is 0.329 e. The fraction of sp³-hybridized carbons (Fsp3) is 0.222. The number of benzene rings is 1. The van der Waals surface area contributed by atoms with Crippen LogP contribution in [0.1, 0.15) is 34.4 Å². The van der Waals surface area contributed by atoms with Crippen molar-refractivity contribution in [3.63, 3.8) is 0 Å². The lowest BCUT2D eigenvalue weighted by Gasteiger charge is -2.09. The molecule has 1 aromatic heterocycles. The van der Waals surface area contributed by atoms with Crippen LogP contribution < -0.4 is 10.7 Å². The summed E-state index contributed by atoms with van der Waals surface area (Å²) >= 11 is 7.34. The number of hydrogen-bond acceptors (Lipinski definition) is 5. The molecule has 1 aromatic carbocycles. The number of thiophene rings is 1. The van der Waals surface area contributed by atoms with Crippen LogP contribution in [0.15, 0.2) is 29.4 Å². The topological polar surface area (TPSA) is 94.4 Å². The van der Waals surface area contributed by atoms with Gasteiger partial charge in [0.15, 0.2) is 0 Å². The summed E-state index contributed by atoms with van der Waals surface area (Å²) in [4.78, 5) is 25.1. The van der Waals surface area contributed by atoms with Gasteiger partial charge >= 0.3 is 11.8 Å². The van der Waals surface area contributed by atoms with Crippen LogP contribution in [0.5, 0.6) is 0 Å². The second kappa shape index (κ2) is 8.13. The van der Waals surface area contributed by atoms with Crippen LogP contribution >= 0.6 is 22.9 Å². The van der Waals surface area contributed by atoms with Crippen LogP contribution in [0.3, 0.4) is 0 Å². The molecule has 26 heavy (non-hydrogen) atoms. The molecule has 6 nitrogen and oxygen atoms in total. The number of rotatable bonds is 3. The molecule has 1 aliphatic rings. The maximum atomic E-state index is 12.1. The molecule has 2 N–H and O–H groups in total. The number of nitrogens with zero attached hydrogens (tertiary/aromatic N) is 2. The molecule has 0 spiro atoms. The van der Waals surface area contributed by atoms with Crippen LogP contribution in [0.4, 0.5) is 5.00 Å². The van der Waals surface area contributed by atoms with Gasteiger partial charge in [-0.3, -0.25) is 9.59 Å². The number of amides is 2. The van der Waals surface area contributed by atoms with Gasteiger partial charge in [0.25, 0.3) is 0 Å². The highest BCUT2D eigenvalue weighted by Gasteiger charge is 2.23. The van der Waals surface area contributed by atoms with Gasteiger partial charge in [-0.15, -0.1) is 11.3 Å². The Morgan fingerprint density at radius 1 is 1.23 bits per heavy atom. The van der Waals surface area contributed by atoms with Crippen molar-refractivity contribution >= 4 is 46.0 Å². The third-order valence-electron chi connectivity index (χ3n) is 3.99. The Morgan fingerprint density at radius 3 is 2.77 bits per heavy atom. The molecule has 0 bridgehead atoms. The minimum atomic E-state index is -0.913. The standard InChI is InChI=1S/C18H15ClN4O2S/c19-14-7-3-1-5-11(14)10-21-23-17(25)16(24)22-18-13(9-20)12-6-2-4-8-15(12)26-18/h1,3,5,7,10H,2,4,6,8H2,(H,22,24)(H,23,25). The Bertz CT molecular complexity index is 930. The molecule has 2 amide bonds. The van der Waals surface area contributed by atoms with E-state index in [1.54, 1.807) is 24.3 Å². The first-order chi connectivity index (χ1) is 12.6. The van der Waals surface area contributed by atoms with E-state index >= 15 is 0 Å². The van der Waals surface area contributed by atoms with Gasteiger partial charge in [-0.05, 0) is 37.3 Å². The molecular formula is C18H15ClN4O2S. The molecule has 0 atom stereocenters.